The van der Waals surface area contributed by atoms with Crippen molar-refractivity contribution in [1.82, 2.24) is 14.9 Å². The highest BCUT2D eigenvalue weighted by molar-refractivity contribution is 7.89. The zero-order chi connectivity index (χ0) is 22.0. The van der Waals surface area contributed by atoms with Crippen LogP contribution >= 0.6 is 11.3 Å². The molecule has 3 heterocycles. The summed E-state index contributed by atoms with van der Waals surface area (Å²) in [5, 5.41) is 10.9. The summed E-state index contributed by atoms with van der Waals surface area (Å²) in [5.41, 5.74) is 2.16. The number of rotatable bonds is 6. The molecule has 164 valence electrons. The van der Waals surface area contributed by atoms with Crippen LogP contribution < -0.4 is 20.1 Å². The van der Waals surface area contributed by atoms with Crippen molar-refractivity contribution in [2.24, 2.45) is 5.14 Å². The average Bonchev–Trinajstić information content (AvgIpc) is 3.22. The maximum Gasteiger partial charge on any atom is 0.238 e. The number of hydrogen-bond donors (Lipinski definition) is 2. The first-order valence-corrected chi connectivity index (χ1v) is 12.1. The third-order valence-electron chi connectivity index (χ3n) is 5.12. The third-order valence-corrected chi connectivity index (χ3v) is 6.78. The van der Waals surface area contributed by atoms with E-state index in [1.54, 1.807) is 6.07 Å². The number of sulfonamides is 1. The molecule has 11 heteroatoms. The Balaban J connectivity index is 1.51. The minimum atomic E-state index is -3.82. The van der Waals surface area contributed by atoms with Crippen molar-refractivity contribution in [1.29, 1.82) is 0 Å². The molecule has 31 heavy (non-hydrogen) atoms. The summed E-state index contributed by atoms with van der Waals surface area (Å²) in [7, 11) is -0.185. The summed E-state index contributed by atoms with van der Waals surface area (Å²) in [6.45, 7) is 3.99. The number of nitrogens with one attached hydrogen (secondary N) is 1. The number of nitrogens with two attached hydrogens (primary N) is 1. The summed E-state index contributed by atoms with van der Waals surface area (Å²) < 4.78 is 28.7. The van der Waals surface area contributed by atoms with Gasteiger partial charge in [0.05, 0.1) is 23.4 Å². The van der Waals surface area contributed by atoms with Crippen molar-refractivity contribution in [3.8, 4) is 17.0 Å². The number of piperazine rings is 1. The quantitative estimate of drug-likeness (QED) is 0.576. The van der Waals surface area contributed by atoms with Gasteiger partial charge >= 0.3 is 0 Å². The molecule has 0 unspecified atom stereocenters. The number of methoxy groups -OCH3 is 1. The number of pyridine rings is 1. The normalized spacial score (nSPS) is 15.1. The van der Waals surface area contributed by atoms with E-state index in [1.807, 2.05) is 23.7 Å². The molecule has 4 rings (SSSR count). The van der Waals surface area contributed by atoms with Crippen LogP contribution in [0.15, 0.2) is 46.8 Å². The lowest BCUT2D eigenvalue weighted by Crippen LogP contribution is -2.44. The highest BCUT2D eigenvalue weighted by atomic mass is 32.2. The standard InChI is InChI=1S/C20H24N6O3S2/c1-25-7-9-26(10-8-25)19-6-3-14(12-22-19)17-13-30-20(24-17)23-16-11-15(31(21,27)28)4-5-18(16)29-2/h3-6,11-13H,7-10H2,1-2H3,(H,23,24)(H2,21,27,28). The maximum atomic E-state index is 11.7. The number of thiazole rings is 1. The van der Waals surface area contributed by atoms with Gasteiger partial charge in [-0.15, -0.1) is 11.3 Å². The van der Waals surface area contributed by atoms with Crippen LogP contribution in [0, 0.1) is 0 Å². The van der Waals surface area contributed by atoms with Gasteiger partial charge in [-0.2, -0.15) is 0 Å². The van der Waals surface area contributed by atoms with Crippen molar-refractivity contribution in [3.63, 3.8) is 0 Å². The van der Waals surface area contributed by atoms with Gasteiger partial charge < -0.3 is 19.9 Å². The molecule has 2 aromatic heterocycles. The molecule has 1 aliphatic heterocycles. The van der Waals surface area contributed by atoms with Gasteiger partial charge in [0.15, 0.2) is 5.13 Å². The lowest BCUT2D eigenvalue weighted by Gasteiger charge is -2.33. The number of primary sulfonamides is 1. The molecule has 0 saturated carbocycles. The van der Waals surface area contributed by atoms with E-state index in [0.717, 1.165) is 43.3 Å². The molecule has 0 spiro atoms. The molecule has 0 amide bonds. The highest BCUT2D eigenvalue weighted by Gasteiger charge is 2.16. The fourth-order valence-corrected chi connectivity index (χ4v) is 4.57. The first kappa shape index (κ1) is 21.5. The smallest absolute Gasteiger partial charge is 0.238 e. The molecule has 0 bridgehead atoms. The van der Waals surface area contributed by atoms with Crippen molar-refractivity contribution < 1.29 is 13.2 Å². The number of ether oxygens (including phenoxy) is 1. The van der Waals surface area contributed by atoms with Crippen molar-refractivity contribution in [2.75, 3.05) is 50.6 Å². The Morgan fingerprint density at radius 2 is 1.94 bits per heavy atom. The molecular weight excluding hydrogens is 436 g/mol. The highest BCUT2D eigenvalue weighted by Crippen LogP contribution is 2.33. The third kappa shape index (κ3) is 4.96. The molecule has 3 N–H and O–H groups in total. The van der Waals surface area contributed by atoms with Crippen LogP contribution in [0.1, 0.15) is 0 Å². The molecule has 1 fully saturated rings. The van der Waals surface area contributed by atoms with Gasteiger partial charge in [-0.25, -0.2) is 23.5 Å². The van der Waals surface area contributed by atoms with Gasteiger partial charge in [-0.1, -0.05) is 0 Å². The average molecular weight is 461 g/mol. The predicted octanol–water partition coefficient (Wildman–Crippen LogP) is 2.36. The van der Waals surface area contributed by atoms with Crippen LogP contribution in [0.25, 0.3) is 11.3 Å². The zero-order valence-corrected chi connectivity index (χ0v) is 18.9. The van der Waals surface area contributed by atoms with Gasteiger partial charge in [0, 0.05) is 43.3 Å². The number of hydrogen-bond acceptors (Lipinski definition) is 9. The van der Waals surface area contributed by atoms with E-state index in [4.69, 9.17) is 9.88 Å². The molecule has 1 aromatic carbocycles. The van der Waals surface area contributed by atoms with Gasteiger partial charge in [-0.3, -0.25) is 0 Å². The molecular formula is C20H24N6O3S2. The number of benzene rings is 1. The van der Waals surface area contributed by atoms with Crippen LogP contribution in [0.3, 0.4) is 0 Å². The Morgan fingerprint density at radius 3 is 2.58 bits per heavy atom. The van der Waals surface area contributed by atoms with Crippen molar-refractivity contribution in [3.05, 3.63) is 41.9 Å². The van der Waals surface area contributed by atoms with Gasteiger partial charge in [-0.05, 0) is 37.4 Å². The topological polar surface area (TPSA) is 114 Å². The van der Waals surface area contributed by atoms with Crippen LogP contribution in [-0.2, 0) is 10.0 Å². The maximum absolute atomic E-state index is 11.7. The van der Waals surface area contributed by atoms with E-state index < -0.39 is 10.0 Å². The molecule has 9 nitrogen and oxygen atoms in total. The van der Waals surface area contributed by atoms with E-state index in [9.17, 15) is 8.42 Å². The van der Waals surface area contributed by atoms with Crippen LogP contribution in [-0.4, -0.2) is 63.6 Å². The minimum Gasteiger partial charge on any atom is -0.495 e. The largest absolute Gasteiger partial charge is 0.495 e. The first-order chi connectivity index (χ1) is 14.8. The molecule has 1 saturated heterocycles. The van der Waals surface area contributed by atoms with Gasteiger partial charge in [0.2, 0.25) is 10.0 Å². The number of nitrogens with zero attached hydrogens (tertiary/aromatic N) is 4. The fraction of sp³-hybridized carbons (Fsp3) is 0.300. The number of aromatic nitrogens is 2. The molecule has 0 radical (unpaired) electrons. The Hall–Kier alpha value is -2.73. The Kier molecular flexibility index (Phi) is 6.10. The SMILES string of the molecule is COc1ccc(S(N)(=O)=O)cc1Nc1nc(-c2ccc(N3CCN(C)CC3)nc2)cs1. The molecule has 1 aliphatic rings. The van der Waals surface area contributed by atoms with E-state index in [1.165, 1.54) is 30.6 Å². The van der Waals surface area contributed by atoms with Gasteiger partial charge in [0.25, 0.3) is 0 Å². The van der Waals surface area contributed by atoms with Crippen LogP contribution in [0.2, 0.25) is 0 Å². The Morgan fingerprint density at radius 1 is 1.16 bits per heavy atom. The second-order valence-corrected chi connectivity index (χ2v) is 9.68. The second-order valence-electron chi connectivity index (χ2n) is 7.27. The Labute approximate surface area is 185 Å². The van der Waals surface area contributed by atoms with Crippen LogP contribution in [0.4, 0.5) is 16.6 Å². The minimum absolute atomic E-state index is 0.00345. The lowest BCUT2D eigenvalue weighted by molar-refractivity contribution is 0.312. The summed E-state index contributed by atoms with van der Waals surface area (Å²) in [4.78, 5) is 13.8. The monoisotopic (exact) mass is 460 g/mol. The molecule has 3 aromatic rings. The second kappa shape index (κ2) is 8.79. The Bertz CT molecular complexity index is 1160. The van der Waals surface area contributed by atoms with Crippen molar-refractivity contribution in [2.45, 2.75) is 4.90 Å². The summed E-state index contributed by atoms with van der Waals surface area (Å²) >= 11 is 1.40. The summed E-state index contributed by atoms with van der Waals surface area (Å²) in [6.07, 6.45) is 1.83. The number of anilines is 3. The van der Waals surface area contributed by atoms with Crippen LogP contribution in [0.5, 0.6) is 5.75 Å². The summed E-state index contributed by atoms with van der Waals surface area (Å²) in [6, 6.07) is 8.42. The van der Waals surface area contributed by atoms with Crippen molar-refractivity contribution >= 4 is 38.0 Å². The van der Waals surface area contributed by atoms with E-state index >= 15 is 0 Å². The van der Waals surface area contributed by atoms with E-state index in [2.05, 4.69) is 32.1 Å². The molecule has 0 aliphatic carbocycles. The fourth-order valence-electron chi connectivity index (χ4n) is 3.30. The number of likely N-dealkylation sites (N-methyl/N-ethyl adjacent to an activating group) is 1. The van der Waals surface area contributed by atoms with Gasteiger partial charge in [0.1, 0.15) is 11.6 Å². The molecule has 0 atom stereocenters. The summed E-state index contributed by atoms with van der Waals surface area (Å²) in [5.74, 6) is 1.46. The predicted molar refractivity (Wildman–Crippen MR) is 123 cm³/mol. The lowest BCUT2D eigenvalue weighted by atomic mass is 10.2. The first-order valence-electron chi connectivity index (χ1n) is 9.67. The van der Waals surface area contributed by atoms with E-state index in [-0.39, 0.29) is 4.90 Å². The zero-order valence-electron chi connectivity index (χ0n) is 17.3. The van der Waals surface area contributed by atoms with E-state index in [0.29, 0.717) is 16.6 Å².